The molecule has 0 aliphatic rings. The van der Waals surface area contributed by atoms with Gasteiger partial charge in [0.1, 0.15) is 5.58 Å². The summed E-state index contributed by atoms with van der Waals surface area (Å²) in [5.41, 5.74) is 0.588. The fourth-order valence-electron chi connectivity index (χ4n) is 1.01. The zero-order valence-corrected chi connectivity index (χ0v) is 7.13. The number of fused-ring (bicyclic) bond motifs is 1. The lowest BCUT2D eigenvalue weighted by atomic mass is 10.2. The van der Waals surface area contributed by atoms with Gasteiger partial charge in [0.2, 0.25) is 0 Å². The Kier molecular flexibility index (Phi) is 1.66. The number of hydrogen-bond donors (Lipinski definition) is 1. The fraction of sp³-hybridized carbons (Fsp3) is 0. The van der Waals surface area contributed by atoms with E-state index < -0.39 is 10.9 Å². The normalized spacial score (nSPS) is 10.5. The van der Waals surface area contributed by atoms with E-state index in [1.807, 2.05) is 0 Å². The van der Waals surface area contributed by atoms with Crippen molar-refractivity contribution < 1.29 is 14.3 Å². The summed E-state index contributed by atoms with van der Waals surface area (Å²) in [6.07, 6.45) is 0. The molecule has 4 nitrogen and oxygen atoms in total. The molecule has 2 rings (SSSR count). The Balaban J connectivity index is 2.74. The molecule has 0 bridgehead atoms. The van der Waals surface area contributed by atoms with E-state index in [4.69, 9.17) is 9.52 Å². The van der Waals surface area contributed by atoms with E-state index >= 15 is 0 Å². The number of benzene rings is 1. The molecule has 0 aliphatic carbocycles. The Morgan fingerprint density at radius 3 is 2.92 bits per heavy atom. The third kappa shape index (κ3) is 1.33. The van der Waals surface area contributed by atoms with Crippen LogP contribution in [-0.2, 0) is 0 Å². The van der Waals surface area contributed by atoms with Gasteiger partial charge < -0.3 is 9.52 Å². The van der Waals surface area contributed by atoms with Crippen LogP contribution in [0, 0.1) is 0 Å². The topological polar surface area (TPSA) is 67.5 Å². The number of carboxylic acids is 1. The lowest BCUT2D eigenvalue weighted by Gasteiger charge is -1.91. The summed E-state index contributed by atoms with van der Waals surface area (Å²) < 4.78 is 5.33. The molecule has 0 spiro atoms. The van der Waals surface area contributed by atoms with Crippen molar-refractivity contribution in [3.63, 3.8) is 0 Å². The van der Waals surface area contributed by atoms with Gasteiger partial charge in [0.05, 0.1) is 10.3 Å². The predicted molar refractivity (Wildman–Crippen MR) is 47.3 cm³/mol. The predicted octanol–water partition coefficient (Wildman–Crippen LogP) is 1.55. The van der Waals surface area contributed by atoms with Crippen molar-refractivity contribution in [2.75, 3.05) is 0 Å². The number of carbonyl (C=O) groups is 1. The molecule has 0 unspecified atom stereocenters. The monoisotopic (exact) mass is 196 g/mol. The smallest absolute Gasteiger partial charge is 0.396 e. The second-order valence-corrected chi connectivity index (χ2v) is 3.40. The number of rotatable bonds is 1. The van der Waals surface area contributed by atoms with Gasteiger partial charge in [-0.1, -0.05) is 11.3 Å². The van der Waals surface area contributed by atoms with Crippen molar-refractivity contribution in [1.82, 2.24) is 0 Å². The number of aromatic carboxylic acids is 1. The average molecular weight is 196 g/mol. The molecule has 0 saturated heterocycles. The van der Waals surface area contributed by atoms with Gasteiger partial charge in [-0.25, -0.2) is 9.59 Å². The molecule has 66 valence electrons. The molecule has 0 atom stereocenters. The first-order valence-electron chi connectivity index (χ1n) is 3.44. The highest BCUT2D eigenvalue weighted by atomic mass is 32.1. The van der Waals surface area contributed by atoms with Gasteiger partial charge in [0.25, 0.3) is 0 Å². The Morgan fingerprint density at radius 2 is 2.23 bits per heavy atom. The first-order chi connectivity index (χ1) is 6.16. The van der Waals surface area contributed by atoms with E-state index in [1.54, 1.807) is 0 Å². The highest BCUT2D eigenvalue weighted by Crippen LogP contribution is 2.18. The van der Waals surface area contributed by atoms with Crippen LogP contribution in [0.2, 0.25) is 0 Å². The molecule has 1 aromatic heterocycles. The lowest BCUT2D eigenvalue weighted by molar-refractivity contribution is 0.0697. The van der Waals surface area contributed by atoms with E-state index in [0.29, 0.717) is 10.3 Å². The highest BCUT2D eigenvalue weighted by molar-refractivity contribution is 7.16. The average Bonchev–Trinajstić information content (AvgIpc) is 2.42. The summed E-state index contributed by atoms with van der Waals surface area (Å²) in [6.45, 7) is 0. The molecule has 1 heterocycles. The molecule has 2 aromatic rings. The Hall–Kier alpha value is -1.62. The van der Waals surface area contributed by atoms with Gasteiger partial charge in [-0.2, -0.15) is 0 Å². The Labute approximate surface area is 76.0 Å². The second-order valence-electron chi connectivity index (χ2n) is 2.42. The summed E-state index contributed by atoms with van der Waals surface area (Å²) in [5, 5.41) is 8.65. The molecular formula is C8H4O4S. The molecular weight excluding hydrogens is 192 g/mol. The van der Waals surface area contributed by atoms with Gasteiger partial charge >= 0.3 is 10.9 Å². The molecule has 0 saturated carbocycles. The van der Waals surface area contributed by atoms with Crippen LogP contribution in [0.15, 0.2) is 27.4 Å². The SMILES string of the molecule is O=C(O)c1ccc2oc(=O)sc2c1. The second kappa shape index (κ2) is 2.70. The minimum Gasteiger partial charge on any atom is -0.478 e. The summed E-state index contributed by atoms with van der Waals surface area (Å²) in [6, 6.07) is 4.31. The molecule has 0 aliphatic heterocycles. The van der Waals surface area contributed by atoms with Crippen LogP contribution in [0.3, 0.4) is 0 Å². The van der Waals surface area contributed by atoms with Crippen molar-refractivity contribution in [1.29, 1.82) is 0 Å². The Bertz CT molecular complexity index is 522. The zero-order chi connectivity index (χ0) is 9.42. The summed E-state index contributed by atoms with van der Waals surface area (Å²) in [5.74, 6) is -1.01. The first-order valence-corrected chi connectivity index (χ1v) is 4.25. The van der Waals surface area contributed by atoms with Crippen LogP contribution >= 0.6 is 11.3 Å². The van der Waals surface area contributed by atoms with E-state index in [9.17, 15) is 9.59 Å². The molecule has 0 radical (unpaired) electrons. The molecule has 1 N–H and O–H groups in total. The quantitative estimate of drug-likeness (QED) is 0.751. The summed E-state index contributed by atoms with van der Waals surface area (Å²) in [4.78, 5) is 20.9. The lowest BCUT2D eigenvalue weighted by Crippen LogP contribution is -1.94. The van der Waals surface area contributed by atoms with Crippen LogP contribution < -0.4 is 4.94 Å². The van der Waals surface area contributed by atoms with Crippen LogP contribution in [0.25, 0.3) is 10.3 Å². The molecule has 1 aromatic carbocycles. The minimum atomic E-state index is -1.01. The van der Waals surface area contributed by atoms with Crippen molar-refractivity contribution in [2.24, 2.45) is 0 Å². The highest BCUT2D eigenvalue weighted by Gasteiger charge is 2.06. The van der Waals surface area contributed by atoms with Crippen molar-refractivity contribution >= 4 is 27.6 Å². The standard InChI is InChI=1S/C8H4O4S/c9-7(10)4-1-2-5-6(3-4)13-8(11)12-5/h1-3H,(H,9,10). The maximum atomic E-state index is 10.8. The van der Waals surface area contributed by atoms with E-state index in [0.717, 1.165) is 11.3 Å². The molecule has 5 heteroatoms. The van der Waals surface area contributed by atoms with Gasteiger partial charge in [-0.15, -0.1) is 0 Å². The minimum absolute atomic E-state index is 0.157. The van der Waals surface area contributed by atoms with Crippen LogP contribution in [0.5, 0.6) is 0 Å². The van der Waals surface area contributed by atoms with Crippen LogP contribution in [-0.4, -0.2) is 11.1 Å². The molecule has 0 amide bonds. The molecule has 0 fully saturated rings. The third-order valence-electron chi connectivity index (χ3n) is 1.58. The van der Waals surface area contributed by atoms with Crippen molar-refractivity contribution in [3.8, 4) is 0 Å². The van der Waals surface area contributed by atoms with Gasteiger partial charge in [0, 0.05) is 0 Å². The third-order valence-corrected chi connectivity index (χ3v) is 2.37. The number of hydrogen-bond acceptors (Lipinski definition) is 4. The summed E-state index contributed by atoms with van der Waals surface area (Å²) >= 11 is 0.898. The summed E-state index contributed by atoms with van der Waals surface area (Å²) in [7, 11) is 0. The van der Waals surface area contributed by atoms with Crippen molar-refractivity contribution in [3.05, 3.63) is 33.5 Å². The maximum Gasteiger partial charge on any atom is 0.396 e. The zero-order valence-electron chi connectivity index (χ0n) is 6.31. The van der Waals surface area contributed by atoms with Gasteiger partial charge in [0.15, 0.2) is 0 Å². The van der Waals surface area contributed by atoms with E-state index in [-0.39, 0.29) is 5.56 Å². The fourth-order valence-corrected chi connectivity index (χ4v) is 1.71. The maximum absolute atomic E-state index is 10.8. The van der Waals surface area contributed by atoms with E-state index in [2.05, 4.69) is 0 Å². The Morgan fingerprint density at radius 1 is 1.46 bits per heavy atom. The van der Waals surface area contributed by atoms with E-state index in [1.165, 1.54) is 18.2 Å². The van der Waals surface area contributed by atoms with Crippen molar-refractivity contribution in [2.45, 2.75) is 0 Å². The van der Waals surface area contributed by atoms with Gasteiger partial charge in [-0.05, 0) is 18.2 Å². The number of carboxylic acid groups (broad SMARTS) is 1. The van der Waals surface area contributed by atoms with Crippen LogP contribution in [0.1, 0.15) is 10.4 Å². The van der Waals surface area contributed by atoms with Gasteiger partial charge in [-0.3, -0.25) is 0 Å². The largest absolute Gasteiger partial charge is 0.478 e. The van der Waals surface area contributed by atoms with Crippen LogP contribution in [0.4, 0.5) is 0 Å². The molecule has 13 heavy (non-hydrogen) atoms. The first kappa shape index (κ1) is 8.00.